The topological polar surface area (TPSA) is 45.0 Å². The van der Waals surface area contributed by atoms with Crippen molar-refractivity contribution in [3.8, 4) is 6.07 Å². The molecule has 16 heavy (non-hydrogen) atoms. The molecule has 0 saturated heterocycles. The van der Waals surface area contributed by atoms with Gasteiger partial charge in [0, 0.05) is 12.8 Å². The van der Waals surface area contributed by atoms with Gasteiger partial charge in [-0.05, 0) is 32.0 Å². The van der Waals surface area contributed by atoms with Crippen molar-refractivity contribution in [2.45, 2.75) is 19.4 Å². The van der Waals surface area contributed by atoms with Crippen LogP contribution in [0.1, 0.15) is 19.4 Å². The Bertz CT molecular complexity index is 410. The van der Waals surface area contributed by atoms with E-state index < -0.39 is 5.82 Å². The van der Waals surface area contributed by atoms with Gasteiger partial charge in [-0.2, -0.15) is 5.26 Å². The Hall–Kier alpha value is -1.60. The van der Waals surface area contributed by atoms with Gasteiger partial charge in [-0.25, -0.2) is 4.39 Å². The smallest absolute Gasteiger partial charge is 0.143 e. The number of anilines is 1. The van der Waals surface area contributed by atoms with Crippen molar-refractivity contribution in [2.75, 3.05) is 19.0 Å². The highest BCUT2D eigenvalue weighted by Gasteiger charge is 2.17. The van der Waals surface area contributed by atoms with Crippen molar-refractivity contribution < 1.29 is 9.13 Å². The minimum Gasteiger partial charge on any atom is -0.382 e. The molecular weight excluding hydrogens is 207 g/mol. The molecule has 0 saturated carbocycles. The third-order valence-electron chi connectivity index (χ3n) is 2.08. The second kappa shape index (κ2) is 4.95. The largest absolute Gasteiger partial charge is 0.382 e. The summed E-state index contributed by atoms with van der Waals surface area (Å²) in [6, 6.07) is 6.24. The van der Waals surface area contributed by atoms with E-state index in [0.717, 1.165) is 0 Å². The van der Waals surface area contributed by atoms with E-state index in [0.29, 0.717) is 12.3 Å². The van der Waals surface area contributed by atoms with Gasteiger partial charge in [-0.3, -0.25) is 0 Å². The molecule has 3 nitrogen and oxygen atoms in total. The fourth-order valence-electron chi connectivity index (χ4n) is 1.47. The van der Waals surface area contributed by atoms with Gasteiger partial charge in [-0.15, -0.1) is 0 Å². The molecule has 0 amide bonds. The first-order valence-corrected chi connectivity index (χ1v) is 4.95. The molecule has 0 unspecified atom stereocenters. The zero-order valence-corrected chi connectivity index (χ0v) is 9.67. The van der Waals surface area contributed by atoms with Crippen LogP contribution in [0.25, 0.3) is 0 Å². The lowest BCUT2D eigenvalue weighted by Crippen LogP contribution is -2.35. The van der Waals surface area contributed by atoms with Crippen LogP contribution >= 0.6 is 0 Å². The molecule has 0 aliphatic heterocycles. The van der Waals surface area contributed by atoms with Crippen LogP contribution in [-0.2, 0) is 4.74 Å². The third-order valence-corrected chi connectivity index (χ3v) is 2.08. The highest BCUT2D eigenvalue weighted by atomic mass is 19.1. The quantitative estimate of drug-likeness (QED) is 0.851. The van der Waals surface area contributed by atoms with Crippen LogP contribution in [0.15, 0.2) is 18.2 Å². The number of nitrogens with zero attached hydrogens (tertiary/aromatic N) is 1. The average molecular weight is 222 g/mol. The fourth-order valence-corrected chi connectivity index (χ4v) is 1.47. The number of nitrogens with one attached hydrogen (secondary N) is 1. The van der Waals surface area contributed by atoms with E-state index in [2.05, 4.69) is 5.32 Å². The fraction of sp³-hybridized carbons (Fsp3) is 0.417. The molecule has 0 aromatic heterocycles. The molecule has 0 spiro atoms. The summed E-state index contributed by atoms with van der Waals surface area (Å²) in [5.41, 5.74) is 0.406. The number of nitriles is 1. The summed E-state index contributed by atoms with van der Waals surface area (Å²) in [4.78, 5) is 0. The first kappa shape index (κ1) is 12.5. The van der Waals surface area contributed by atoms with Gasteiger partial charge in [0.25, 0.3) is 0 Å². The number of hydrogen-bond acceptors (Lipinski definition) is 3. The first-order valence-electron chi connectivity index (χ1n) is 4.95. The molecule has 86 valence electrons. The molecule has 0 aliphatic rings. The number of ether oxygens (including phenoxy) is 1. The van der Waals surface area contributed by atoms with Gasteiger partial charge >= 0.3 is 0 Å². The Kier molecular flexibility index (Phi) is 3.86. The minimum atomic E-state index is -0.513. The summed E-state index contributed by atoms with van der Waals surface area (Å²) in [6.45, 7) is 4.41. The second-order valence-corrected chi connectivity index (χ2v) is 4.25. The Morgan fingerprint density at radius 1 is 1.50 bits per heavy atom. The van der Waals surface area contributed by atoms with Crippen molar-refractivity contribution in [3.63, 3.8) is 0 Å². The second-order valence-electron chi connectivity index (χ2n) is 4.25. The molecule has 0 heterocycles. The molecular formula is C12H15FN2O. The van der Waals surface area contributed by atoms with Crippen molar-refractivity contribution in [2.24, 2.45) is 0 Å². The molecule has 0 bridgehead atoms. The molecule has 1 N–H and O–H groups in total. The molecule has 0 aliphatic carbocycles. The molecule has 0 atom stereocenters. The Labute approximate surface area is 94.8 Å². The summed E-state index contributed by atoms with van der Waals surface area (Å²) in [5, 5.41) is 11.7. The van der Waals surface area contributed by atoms with Gasteiger partial charge in [0.05, 0.1) is 17.7 Å². The van der Waals surface area contributed by atoms with Crippen LogP contribution in [0.3, 0.4) is 0 Å². The highest BCUT2D eigenvalue weighted by Crippen LogP contribution is 2.18. The van der Waals surface area contributed by atoms with E-state index >= 15 is 0 Å². The van der Waals surface area contributed by atoms with E-state index in [4.69, 9.17) is 10.00 Å². The van der Waals surface area contributed by atoms with Crippen LogP contribution in [0, 0.1) is 17.1 Å². The van der Waals surface area contributed by atoms with Crippen molar-refractivity contribution in [1.82, 2.24) is 0 Å². The van der Waals surface area contributed by atoms with Crippen molar-refractivity contribution >= 4 is 5.69 Å². The SMILES string of the molecule is COCC(C)(C)Nc1ccc(C#N)c(F)c1. The maximum atomic E-state index is 13.3. The van der Waals surface area contributed by atoms with Crippen LogP contribution in [-0.4, -0.2) is 19.3 Å². The Balaban J connectivity index is 2.84. The summed E-state index contributed by atoms with van der Waals surface area (Å²) in [6.07, 6.45) is 0. The normalized spacial score (nSPS) is 10.9. The molecule has 1 aromatic rings. The highest BCUT2D eigenvalue weighted by molar-refractivity contribution is 5.49. The number of rotatable bonds is 4. The third kappa shape index (κ3) is 3.21. The number of hydrogen-bond donors (Lipinski definition) is 1. The maximum absolute atomic E-state index is 13.3. The lowest BCUT2D eigenvalue weighted by Gasteiger charge is -2.26. The van der Waals surface area contributed by atoms with E-state index in [1.165, 1.54) is 12.1 Å². The number of halogens is 1. The van der Waals surface area contributed by atoms with E-state index in [9.17, 15) is 4.39 Å². The molecule has 0 radical (unpaired) electrons. The van der Waals surface area contributed by atoms with Crippen LogP contribution in [0.5, 0.6) is 0 Å². The van der Waals surface area contributed by atoms with E-state index in [1.807, 2.05) is 13.8 Å². The van der Waals surface area contributed by atoms with Gasteiger partial charge < -0.3 is 10.1 Å². The van der Waals surface area contributed by atoms with E-state index in [1.54, 1.807) is 19.2 Å². The van der Waals surface area contributed by atoms with Gasteiger partial charge in [-0.1, -0.05) is 0 Å². The number of benzene rings is 1. The van der Waals surface area contributed by atoms with E-state index in [-0.39, 0.29) is 11.1 Å². The first-order chi connectivity index (χ1) is 7.48. The van der Waals surface area contributed by atoms with Crippen molar-refractivity contribution in [1.29, 1.82) is 5.26 Å². The molecule has 0 fully saturated rings. The molecule has 1 aromatic carbocycles. The van der Waals surface area contributed by atoms with Crippen molar-refractivity contribution in [3.05, 3.63) is 29.6 Å². The van der Waals surface area contributed by atoms with Gasteiger partial charge in [0.2, 0.25) is 0 Å². The van der Waals surface area contributed by atoms with Gasteiger partial charge in [0.15, 0.2) is 0 Å². The predicted molar refractivity (Wildman–Crippen MR) is 60.7 cm³/mol. The lowest BCUT2D eigenvalue weighted by molar-refractivity contribution is 0.158. The molecule has 1 rings (SSSR count). The van der Waals surface area contributed by atoms with Crippen LogP contribution < -0.4 is 5.32 Å². The Morgan fingerprint density at radius 3 is 2.69 bits per heavy atom. The van der Waals surface area contributed by atoms with Gasteiger partial charge in [0.1, 0.15) is 11.9 Å². The maximum Gasteiger partial charge on any atom is 0.143 e. The summed E-state index contributed by atoms with van der Waals surface area (Å²) < 4.78 is 18.4. The summed E-state index contributed by atoms with van der Waals surface area (Å²) >= 11 is 0. The Morgan fingerprint density at radius 2 is 2.19 bits per heavy atom. The zero-order valence-electron chi connectivity index (χ0n) is 9.67. The average Bonchev–Trinajstić information content (AvgIpc) is 2.17. The monoisotopic (exact) mass is 222 g/mol. The number of methoxy groups -OCH3 is 1. The molecule has 4 heteroatoms. The van der Waals surface area contributed by atoms with Crippen LogP contribution in [0.4, 0.5) is 10.1 Å². The standard InChI is InChI=1S/C12H15FN2O/c1-12(2,8-16-3)15-10-5-4-9(7-14)11(13)6-10/h4-6,15H,8H2,1-3H3. The minimum absolute atomic E-state index is 0.0510. The lowest BCUT2D eigenvalue weighted by atomic mass is 10.1. The van der Waals surface area contributed by atoms with Crippen LogP contribution in [0.2, 0.25) is 0 Å². The zero-order chi connectivity index (χ0) is 12.2. The summed E-state index contributed by atoms with van der Waals surface area (Å²) in [7, 11) is 1.61. The summed E-state index contributed by atoms with van der Waals surface area (Å²) in [5.74, 6) is -0.513. The predicted octanol–water partition coefficient (Wildman–Crippen LogP) is 2.53.